The number of nitrogens with two attached hydrogens (primary N) is 3. The number of benzene rings is 1. The van der Waals surface area contributed by atoms with E-state index in [4.69, 9.17) is 17.2 Å². The van der Waals surface area contributed by atoms with Crippen LogP contribution in [0.4, 0.5) is 0 Å². The van der Waals surface area contributed by atoms with Crippen molar-refractivity contribution in [1.82, 2.24) is 42.5 Å². The van der Waals surface area contributed by atoms with Gasteiger partial charge in [-0.25, -0.2) is 4.79 Å². The smallest absolute Gasteiger partial charge is 0.326 e. The zero-order chi connectivity index (χ0) is 57.7. The molecule has 0 fully saturated rings. The predicted molar refractivity (Wildman–Crippen MR) is 283 cm³/mol. The molecule has 0 aliphatic heterocycles. The number of carbonyl (C=O) groups excluding carboxylic acids is 9. The van der Waals surface area contributed by atoms with Crippen LogP contribution in [0.5, 0.6) is 0 Å². The Balaban J connectivity index is 3.44. The predicted octanol–water partition coefficient (Wildman–Crippen LogP) is -1.73. The number of nitrogens with one attached hydrogen (secondary N) is 8. The molecular formula is C50H83N11O14S. The molecule has 0 saturated carbocycles. The molecule has 0 bridgehead atoms. The second-order valence-corrected chi connectivity index (χ2v) is 20.5. The van der Waals surface area contributed by atoms with Crippen molar-refractivity contribution in [2.24, 2.45) is 35.0 Å². The number of unbranched alkanes of at least 4 members (excludes halogenated alkanes) is 1. The van der Waals surface area contributed by atoms with Crippen LogP contribution in [-0.4, -0.2) is 160 Å². The lowest BCUT2D eigenvalue weighted by molar-refractivity contribution is -0.144. The highest BCUT2D eigenvalue weighted by molar-refractivity contribution is 7.98. The number of hydrogen-bond acceptors (Lipinski definition) is 15. The van der Waals surface area contributed by atoms with E-state index in [0.717, 1.165) is 0 Å². The lowest BCUT2D eigenvalue weighted by Gasteiger charge is -2.28. The number of amides is 9. The number of rotatable bonds is 38. The molecule has 26 heteroatoms. The largest absolute Gasteiger partial charge is 0.481 e. The Morgan fingerprint density at radius 1 is 0.579 bits per heavy atom. The minimum Gasteiger partial charge on any atom is -0.481 e. The quantitative estimate of drug-likeness (QED) is 0.0327. The van der Waals surface area contributed by atoms with E-state index in [-0.39, 0.29) is 37.5 Å². The Morgan fingerprint density at radius 2 is 1.04 bits per heavy atom. The second-order valence-electron chi connectivity index (χ2n) is 19.5. The highest BCUT2D eigenvalue weighted by Crippen LogP contribution is 2.13. The van der Waals surface area contributed by atoms with Crippen molar-refractivity contribution in [3.63, 3.8) is 0 Å². The number of hydrogen-bond donors (Lipinski definition) is 14. The van der Waals surface area contributed by atoms with Crippen molar-refractivity contribution >= 4 is 76.9 Å². The van der Waals surface area contributed by atoms with Crippen LogP contribution in [0, 0.1) is 17.8 Å². The number of carbonyl (C=O) groups is 11. The monoisotopic (exact) mass is 1090 g/mol. The van der Waals surface area contributed by atoms with E-state index in [1.807, 2.05) is 13.8 Å². The van der Waals surface area contributed by atoms with Gasteiger partial charge in [0.25, 0.3) is 0 Å². The van der Waals surface area contributed by atoms with Crippen LogP contribution in [-0.2, 0) is 59.2 Å². The van der Waals surface area contributed by atoms with Crippen LogP contribution in [0.25, 0.3) is 0 Å². The highest BCUT2D eigenvalue weighted by atomic mass is 32.2. The second kappa shape index (κ2) is 35.8. The van der Waals surface area contributed by atoms with Gasteiger partial charge in [-0.3, -0.25) is 47.9 Å². The minimum absolute atomic E-state index is 0.0282. The normalized spacial score (nSPS) is 15.2. The van der Waals surface area contributed by atoms with Crippen molar-refractivity contribution in [2.45, 2.75) is 167 Å². The third-order valence-electron chi connectivity index (χ3n) is 12.1. The lowest BCUT2D eigenvalue weighted by atomic mass is 9.98. The molecule has 0 aliphatic carbocycles. The van der Waals surface area contributed by atoms with Gasteiger partial charge in [0.05, 0.1) is 19.1 Å². The first-order chi connectivity index (χ1) is 35.8. The molecule has 428 valence electrons. The summed E-state index contributed by atoms with van der Waals surface area (Å²) in [6.45, 7) is 9.74. The molecule has 17 N–H and O–H groups in total. The Hall–Kier alpha value is -6.38. The maximum Gasteiger partial charge on any atom is 0.326 e. The molecule has 0 aromatic heterocycles. The first kappa shape index (κ1) is 67.6. The summed E-state index contributed by atoms with van der Waals surface area (Å²) in [6, 6.07) is -4.40. The molecule has 0 spiro atoms. The van der Waals surface area contributed by atoms with E-state index < -0.39 is 151 Å². The van der Waals surface area contributed by atoms with Gasteiger partial charge >= 0.3 is 11.9 Å². The van der Waals surface area contributed by atoms with E-state index in [9.17, 15) is 68.1 Å². The maximum atomic E-state index is 14.0. The summed E-state index contributed by atoms with van der Waals surface area (Å²) < 4.78 is 0. The summed E-state index contributed by atoms with van der Waals surface area (Å²) in [7, 11) is 0. The summed E-state index contributed by atoms with van der Waals surface area (Å²) in [5, 5.41) is 49.5. The number of carboxylic acid groups (broad SMARTS) is 2. The summed E-state index contributed by atoms with van der Waals surface area (Å²) in [5.74, 6) is -11.6. The maximum absolute atomic E-state index is 14.0. The van der Waals surface area contributed by atoms with Crippen LogP contribution in [0.15, 0.2) is 30.3 Å². The average molecular weight is 1090 g/mol. The van der Waals surface area contributed by atoms with Crippen LogP contribution >= 0.6 is 11.8 Å². The van der Waals surface area contributed by atoms with Crippen molar-refractivity contribution in [3.05, 3.63) is 35.9 Å². The highest BCUT2D eigenvalue weighted by Gasteiger charge is 2.36. The lowest BCUT2D eigenvalue weighted by Crippen LogP contribution is -2.61. The van der Waals surface area contributed by atoms with E-state index in [1.54, 1.807) is 64.3 Å². The van der Waals surface area contributed by atoms with Crippen molar-refractivity contribution in [2.75, 3.05) is 25.2 Å². The summed E-state index contributed by atoms with van der Waals surface area (Å²) in [5.41, 5.74) is 17.8. The molecule has 10 atom stereocenters. The topological polar surface area (TPSA) is 423 Å². The van der Waals surface area contributed by atoms with Crippen molar-refractivity contribution in [3.8, 4) is 0 Å². The molecule has 9 amide bonds. The van der Waals surface area contributed by atoms with Gasteiger partial charge < -0.3 is 75.1 Å². The van der Waals surface area contributed by atoms with Crippen LogP contribution in [0.2, 0.25) is 0 Å². The Morgan fingerprint density at radius 3 is 1.54 bits per heavy atom. The number of thioether (sulfide) groups is 1. The number of primary amides is 1. The summed E-state index contributed by atoms with van der Waals surface area (Å²) >= 11 is 1.34. The van der Waals surface area contributed by atoms with Gasteiger partial charge in [0.1, 0.15) is 48.3 Å². The summed E-state index contributed by atoms with van der Waals surface area (Å²) in [6.07, 6.45) is 1.43. The van der Waals surface area contributed by atoms with Crippen LogP contribution < -0.4 is 59.7 Å². The molecule has 76 heavy (non-hydrogen) atoms. The van der Waals surface area contributed by atoms with E-state index in [1.165, 1.54) is 11.8 Å². The minimum atomic E-state index is -1.82. The van der Waals surface area contributed by atoms with Gasteiger partial charge in [-0.2, -0.15) is 11.8 Å². The molecule has 0 heterocycles. The molecular weight excluding hydrogens is 1010 g/mol. The fraction of sp³-hybridized carbons (Fsp3) is 0.660. The molecule has 1 aromatic rings. The van der Waals surface area contributed by atoms with Crippen LogP contribution in [0.1, 0.15) is 111 Å². The molecule has 1 aromatic carbocycles. The number of aliphatic hydroxyl groups excluding tert-OH is 1. The molecule has 0 aliphatic rings. The Labute approximate surface area is 448 Å². The summed E-state index contributed by atoms with van der Waals surface area (Å²) in [4.78, 5) is 146. The number of carboxylic acids is 2. The van der Waals surface area contributed by atoms with Crippen molar-refractivity contribution in [1.29, 1.82) is 0 Å². The third-order valence-corrected chi connectivity index (χ3v) is 12.7. The molecule has 0 saturated heterocycles. The van der Waals surface area contributed by atoms with Gasteiger partial charge in [-0.15, -0.1) is 0 Å². The van der Waals surface area contributed by atoms with E-state index >= 15 is 0 Å². The Bertz CT molecular complexity index is 2090. The van der Waals surface area contributed by atoms with Crippen molar-refractivity contribution < 1.29 is 68.1 Å². The molecule has 1 rings (SSSR count). The van der Waals surface area contributed by atoms with E-state index in [0.29, 0.717) is 43.5 Å². The molecule has 0 unspecified atom stereocenters. The van der Waals surface area contributed by atoms with Gasteiger partial charge in [-0.1, -0.05) is 78.3 Å². The van der Waals surface area contributed by atoms with E-state index in [2.05, 4.69) is 42.5 Å². The number of aliphatic carboxylic acids is 2. The molecule has 0 radical (unpaired) electrons. The van der Waals surface area contributed by atoms with Crippen LogP contribution in [0.3, 0.4) is 0 Å². The first-order valence-electron chi connectivity index (χ1n) is 25.5. The fourth-order valence-electron chi connectivity index (χ4n) is 7.63. The Kier molecular flexibility index (Phi) is 31.9. The van der Waals surface area contributed by atoms with Gasteiger partial charge in [0.2, 0.25) is 53.2 Å². The number of aliphatic hydroxyl groups is 1. The standard InChI is InChI=1S/C50H83N11O14S/c1-8-29(6)41(50(74)75)61-48(72)36(24-30-14-10-9-11-15-30)58-47(71)37(25-39(53)63)59-46(70)35(23-28(4)5)57-49(73)38(26-62)60-44(68)33(17-18-40(64)65)55-45(69)34(19-21-76-7)56-43(67)32(16-12-13-20-51)54-42(66)31(52)22-27(2)3/h9-11,14-15,27-29,31-38,41,62H,8,12-13,16-26,51-52H2,1-7H3,(H2,53,63)(H,54,66)(H,55,69)(H,56,67)(H,57,73)(H,58,71)(H,59,70)(H,60,68)(H,61,72)(H,64,65)(H,74,75)/t29-,31-,32-,33-,34-,35-,36-,37-,38-,41-/m0/s1. The van der Waals surface area contributed by atoms with Gasteiger partial charge in [-0.05, 0) is 86.8 Å². The SMILES string of the molecule is CC[C@H](C)[C@H](NC(=O)[C@H](Cc1ccccc1)NC(=O)[C@H](CC(N)=O)NC(=O)[C@H](CC(C)C)NC(=O)[C@H](CO)NC(=O)[C@H](CCC(=O)O)NC(=O)[C@H](CCSC)NC(=O)[C@H](CCCCN)NC(=O)[C@@H](N)CC(C)C)C(=O)O. The zero-order valence-corrected chi connectivity index (χ0v) is 45.5. The first-order valence-corrected chi connectivity index (χ1v) is 26.9. The van der Waals surface area contributed by atoms with Gasteiger partial charge in [0.15, 0.2) is 0 Å². The fourth-order valence-corrected chi connectivity index (χ4v) is 8.11. The van der Waals surface area contributed by atoms with Gasteiger partial charge in [0, 0.05) is 12.8 Å². The zero-order valence-electron chi connectivity index (χ0n) is 44.7. The molecule has 25 nitrogen and oxygen atoms in total. The third kappa shape index (κ3) is 25.9. The average Bonchev–Trinajstić information content (AvgIpc) is 3.35.